The van der Waals surface area contributed by atoms with Gasteiger partial charge in [-0.2, -0.15) is 0 Å². The number of carbonyl (C=O) groups excluding carboxylic acids is 1. The second kappa shape index (κ2) is 6.75. The minimum absolute atomic E-state index is 0.0610. The number of nitrogens with one attached hydrogen (secondary N) is 1. The number of ether oxygens (including phenoxy) is 1. The highest BCUT2D eigenvalue weighted by Crippen LogP contribution is 2.53. The Morgan fingerprint density at radius 3 is 2.77 bits per heavy atom. The highest BCUT2D eigenvalue weighted by atomic mass is 19.1. The van der Waals surface area contributed by atoms with Gasteiger partial charge in [-0.3, -0.25) is 0 Å². The lowest BCUT2D eigenvalue weighted by Crippen LogP contribution is -2.29. The molecule has 3 atom stereocenters. The number of hydrogen-bond acceptors (Lipinski definition) is 3. The highest BCUT2D eigenvalue weighted by molar-refractivity contribution is 5.89. The number of benzene rings is 2. The van der Waals surface area contributed by atoms with Crippen LogP contribution in [0.15, 0.2) is 36.4 Å². The summed E-state index contributed by atoms with van der Waals surface area (Å²) in [4.78, 5) is 11.7. The Hall–Kier alpha value is -2.36. The molecule has 0 radical (unpaired) electrons. The average molecular weight is 353 g/mol. The van der Waals surface area contributed by atoms with Gasteiger partial charge in [0.25, 0.3) is 0 Å². The molecule has 0 unspecified atom stereocenters. The van der Waals surface area contributed by atoms with E-state index in [1.165, 1.54) is 30.7 Å². The fourth-order valence-electron chi connectivity index (χ4n) is 4.65. The van der Waals surface area contributed by atoms with E-state index in [1.807, 2.05) is 0 Å². The van der Waals surface area contributed by atoms with Crippen molar-refractivity contribution in [3.8, 4) is 0 Å². The van der Waals surface area contributed by atoms with E-state index in [-0.39, 0.29) is 17.4 Å². The minimum atomic E-state index is -0.511. The Bertz CT molecular complexity index is 848. The number of halogens is 1. The van der Waals surface area contributed by atoms with Crippen molar-refractivity contribution < 1.29 is 13.9 Å². The van der Waals surface area contributed by atoms with Crippen molar-refractivity contribution >= 4 is 11.7 Å². The van der Waals surface area contributed by atoms with E-state index in [4.69, 9.17) is 4.74 Å². The number of esters is 1. The summed E-state index contributed by atoms with van der Waals surface area (Å²) < 4.78 is 19.5. The fourth-order valence-corrected chi connectivity index (χ4v) is 4.65. The zero-order valence-corrected chi connectivity index (χ0v) is 15.2. The maximum atomic E-state index is 14.8. The maximum absolute atomic E-state index is 14.8. The predicted molar refractivity (Wildman–Crippen MR) is 100 cm³/mol. The van der Waals surface area contributed by atoms with Crippen molar-refractivity contribution in [1.82, 2.24) is 0 Å². The third-order valence-electron chi connectivity index (χ3n) is 5.99. The van der Waals surface area contributed by atoms with Gasteiger partial charge in [-0.05, 0) is 60.4 Å². The van der Waals surface area contributed by atoms with E-state index in [9.17, 15) is 9.18 Å². The Labute approximate surface area is 153 Å². The molecule has 1 heterocycles. The SMILES string of the molecule is CCc1ccc2c(c1)[C@@H]1CCC[C@@H]1[C@H](c1ccc(C(=O)OC)cc1F)N2. The second-order valence-electron chi connectivity index (χ2n) is 7.33. The normalized spacial score (nSPS) is 23.7. The van der Waals surface area contributed by atoms with E-state index in [1.54, 1.807) is 12.1 Å². The monoisotopic (exact) mass is 353 g/mol. The molecule has 4 heteroatoms. The number of rotatable bonds is 3. The van der Waals surface area contributed by atoms with E-state index < -0.39 is 5.97 Å². The Morgan fingerprint density at radius 1 is 1.19 bits per heavy atom. The summed E-state index contributed by atoms with van der Waals surface area (Å²) >= 11 is 0. The smallest absolute Gasteiger partial charge is 0.337 e. The standard InChI is InChI=1S/C22H24FNO2/c1-3-13-7-10-20-18(11-13)15-5-4-6-16(15)21(24-20)17-9-8-14(12-19(17)23)22(25)26-2/h7-12,15-16,21,24H,3-6H2,1-2H3/t15-,16+,21-/m1/s1. The molecule has 136 valence electrons. The van der Waals surface area contributed by atoms with Gasteiger partial charge >= 0.3 is 5.97 Å². The van der Waals surface area contributed by atoms with Gasteiger partial charge in [0.2, 0.25) is 0 Å². The van der Waals surface area contributed by atoms with Crippen LogP contribution < -0.4 is 5.32 Å². The molecule has 0 bridgehead atoms. The van der Waals surface area contributed by atoms with Crippen LogP contribution in [-0.4, -0.2) is 13.1 Å². The van der Waals surface area contributed by atoms with Crippen molar-refractivity contribution in [2.24, 2.45) is 5.92 Å². The maximum Gasteiger partial charge on any atom is 0.337 e. The molecular weight excluding hydrogens is 329 g/mol. The van der Waals surface area contributed by atoms with Crippen LogP contribution >= 0.6 is 0 Å². The van der Waals surface area contributed by atoms with Gasteiger partial charge in [0.05, 0.1) is 18.7 Å². The van der Waals surface area contributed by atoms with Crippen LogP contribution in [0.25, 0.3) is 0 Å². The van der Waals surface area contributed by atoms with Gasteiger partial charge in [0.1, 0.15) is 5.82 Å². The zero-order valence-electron chi connectivity index (χ0n) is 15.2. The quantitative estimate of drug-likeness (QED) is 0.768. The van der Waals surface area contributed by atoms with Gasteiger partial charge in [-0.1, -0.05) is 31.5 Å². The van der Waals surface area contributed by atoms with Crippen LogP contribution in [0.3, 0.4) is 0 Å². The average Bonchev–Trinajstić information content (AvgIpc) is 3.16. The number of carbonyl (C=O) groups is 1. The van der Waals surface area contributed by atoms with Crippen LogP contribution in [-0.2, 0) is 11.2 Å². The molecule has 2 aliphatic rings. The Balaban J connectivity index is 1.72. The van der Waals surface area contributed by atoms with Gasteiger partial charge in [0, 0.05) is 11.3 Å². The summed E-state index contributed by atoms with van der Waals surface area (Å²) in [6.45, 7) is 2.17. The molecule has 0 aromatic heterocycles. The van der Waals surface area contributed by atoms with Crippen LogP contribution in [0.2, 0.25) is 0 Å². The largest absolute Gasteiger partial charge is 0.465 e. The summed E-state index contributed by atoms with van der Waals surface area (Å²) in [5.41, 5.74) is 4.74. The molecular formula is C22H24FNO2. The first-order chi connectivity index (χ1) is 12.6. The molecule has 1 fully saturated rings. The summed E-state index contributed by atoms with van der Waals surface area (Å²) in [6.07, 6.45) is 4.45. The molecule has 1 aliphatic carbocycles. The topological polar surface area (TPSA) is 38.3 Å². The third-order valence-corrected chi connectivity index (χ3v) is 5.99. The summed E-state index contributed by atoms with van der Waals surface area (Å²) in [5, 5.41) is 3.58. The van der Waals surface area contributed by atoms with Crippen molar-refractivity contribution in [1.29, 1.82) is 0 Å². The molecule has 1 aliphatic heterocycles. The van der Waals surface area contributed by atoms with E-state index in [2.05, 4.69) is 30.4 Å². The van der Waals surface area contributed by atoms with Crippen LogP contribution in [0.5, 0.6) is 0 Å². The molecule has 1 N–H and O–H groups in total. The molecule has 4 rings (SSSR count). The molecule has 0 saturated heterocycles. The van der Waals surface area contributed by atoms with Gasteiger partial charge in [-0.15, -0.1) is 0 Å². The molecule has 26 heavy (non-hydrogen) atoms. The van der Waals surface area contributed by atoms with Crippen molar-refractivity contribution in [3.05, 3.63) is 64.5 Å². The number of fused-ring (bicyclic) bond motifs is 3. The van der Waals surface area contributed by atoms with E-state index in [0.717, 1.165) is 24.9 Å². The number of anilines is 1. The minimum Gasteiger partial charge on any atom is -0.465 e. The number of hydrogen-bond donors (Lipinski definition) is 1. The highest BCUT2D eigenvalue weighted by Gasteiger charge is 2.41. The van der Waals surface area contributed by atoms with Crippen molar-refractivity contribution in [3.63, 3.8) is 0 Å². The molecule has 2 aromatic carbocycles. The molecule has 2 aromatic rings. The summed E-state index contributed by atoms with van der Waals surface area (Å²) in [5.74, 6) is 0.00318. The van der Waals surface area contributed by atoms with Gasteiger partial charge in [0.15, 0.2) is 0 Å². The first-order valence-electron chi connectivity index (χ1n) is 9.39. The predicted octanol–water partition coefficient (Wildman–Crippen LogP) is 5.23. The molecule has 0 spiro atoms. The van der Waals surface area contributed by atoms with Crippen molar-refractivity contribution in [2.45, 2.75) is 44.6 Å². The molecule has 3 nitrogen and oxygen atoms in total. The first-order valence-corrected chi connectivity index (χ1v) is 9.39. The number of aryl methyl sites for hydroxylation is 1. The van der Waals surface area contributed by atoms with E-state index in [0.29, 0.717) is 17.4 Å². The first kappa shape index (κ1) is 17.1. The fraction of sp³-hybridized carbons (Fsp3) is 0.409. The lowest BCUT2D eigenvalue weighted by Gasteiger charge is -2.38. The van der Waals surface area contributed by atoms with Crippen molar-refractivity contribution in [2.75, 3.05) is 12.4 Å². The lowest BCUT2D eigenvalue weighted by atomic mass is 9.76. The zero-order chi connectivity index (χ0) is 18.3. The Morgan fingerprint density at radius 2 is 2.04 bits per heavy atom. The number of methoxy groups -OCH3 is 1. The van der Waals surface area contributed by atoms with E-state index >= 15 is 0 Å². The molecule has 1 saturated carbocycles. The molecule has 0 amide bonds. The summed E-state index contributed by atoms with van der Waals surface area (Å²) in [6, 6.07) is 11.2. The lowest BCUT2D eigenvalue weighted by molar-refractivity contribution is 0.0600. The van der Waals surface area contributed by atoms with Crippen LogP contribution in [0.4, 0.5) is 10.1 Å². The second-order valence-corrected chi connectivity index (χ2v) is 7.33. The Kier molecular flexibility index (Phi) is 4.43. The van der Waals surface area contributed by atoms with Gasteiger partial charge in [-0.25, -0.2) is 9.18 Å². The van der Waals surface area contributed by atoms with Crippen LogP contribution in [0, 0.1) is 11.7 Å². The summed E-state index contributed by atoms with van der Waals surface area (Å²) in [7, 11) is 1.31. The third kappa shape index (κ3) is 2.77. The van der Waals surface area contributed by atoms with Gasteiger partial charge < -0.3 is 10.1 Å². The van der Waals surface area contributed by atoms with Crippen LogP contribution in [0.1, 0.15) is 65.2 Å².